The third kappa shape index (κ3) is 58.7. The summed E-state index contributed by atoms with van der Waals surface area (Å²) in [7, 11) is 0. The Balaban J connectivity index is 4.36. The highest BCUT2D eigenvalue weighted by molar-refractivity contribution is 5.71. The monoisotopic (exact) mass is 1020 g/mol. The first kappa shape index (κ1) is 69.8. The van der Waals surface area contributed by atoms with Crippen LogP contribution >= 0.6 is 0 Å². The number of carbonyl (C=O) groups excluding carboxylic acids is 3. The van der Waals surface area contributed by atoms with Gasteiger partial charge in [-0.3, -0.25) is 14.4 Å². The molecule has 0 radical (unpaired) electrons. The van der Waals surface area contributed by atoms with Crippen LogP contribution in [0.2, 0.25) is 0 Å². The van der Waals surface area contributed by atoms with Crippen molar-refractivity contribution in [2.24, 2.45) is 0 Å². The molecule has 0 saturated heterocycles. The van der Waals surface area contributed by atoms with Crippen molar-refractivity contribution in [2.45, 2.75) is 277 Å². The van der Waals surface area contributed by atoms with Gasteiger partial charge in [-0.25, -0.2) is 0 Å². The molecule has 0 heterocycles. The molecule has 6 heteroatoms. The smallest absolute Gasteiger partial charge is 0.306 e. The van der Waals surface area contributed by atoms with E-state index in [9.17, 15) is 14.4 Å². The van der Waals surface area contributed by atoms with Crippen molar-refractivity contribution in [3.63, 3.8) is 0 Å². The van der Waals surface area contributed by atoms with E-state index in [2.05, 4.69) is 142 Å². The summed E-state index contributed by atoms with van der Waals surface area (Å²) in [6, 6.07) is 0. The van der Waals surface area contributed by atoms with Gasteiger partial charge in [0.15, 0.2) is 6.10 Å². The van der Waals surface area contributed by atoms with Gasteiger partial charge in [-0.2, -0.15) is 0 Å². The number of hydrogen-bond donors (Lipinski definition) is 0. The Morgan fingerprint density at radius 3 is 0.824 bits per heavy atom. The largest absolute Gasteiger partial charge is 0.462 e. The minimum absolute atomic E-state index is 0.0886. The van der Waals surface area contributed by atoms with Gasteiger partial charge in [0.25, 0.3) is 0 Å². The second kappa shape index (κ2) is 61.4. The summed E-state index contributed by atoms with van der Waals surface area (Å²) in [5.41, 5.74) is 0. The van der Waals surface area contributed by atoms with Crippen LogP contribution in [0.15, 0.2) is 122 Å². The van der Waals surface area contributed by atoms with E-state index in [0.29, 0.717) is 19.3 Å². The van der Waals surface area contributed by atoms with E-state index in [1.807, 2.05) is 0 Å². The van der Waals surface area contributed by atoms with E-state index in [4.69, 9.17) is 14.2 Å². The summed E-state index contributed by atoms with van der Waals surface area (Å²) in [6.07, 6.45) is 84.8. The standard InChI is InChI=1S/C68H112O6/c1-4-7-10-13-16-19-22-24-26-28-30-32-34-36-38-40-42-44-46-49-52-55-58-61-67(70)73-64-65(63-72-66(69)60-57-54-51-48-21-18-15-12-9-6-3)74-68(71)62-59-56-53-50-47-45-43-41-39-37-35-33-31-29-27-25-23-20-17-14-11-8-5-2/h7-8,10-11,16-17,19-20,24-27,30-33,36,38,42,44,65H,4-6,9,12-15,18,21-23,28-29,34-35,37,39-41,43,45-64H2,1-3H3/b10-7-,11-8-,19-16-,20-17-,26-24-,27-25-,32-30-,33-31-,38-36-,44-42-. The van der Waals surface area contributed by atoms with Gasteiger partial charge in [-0.15, -0.1) is 0 Å². The van der Waals surface area contributed by atoms with Crippen LogP contribution in [0.5, 0.6) is 0 Å². The minimum Gasteiger partial charge on any atom is -0.462 e. The normalized spacial score (nSPS) is 13.0. The Morgan fingerprint density at radius 1 is 0.284 bits per heavy atom. The van der Waals surface area contributed by atoms with Crippen LogP contribution in [0.1, 0.15) is 271 Å². The molecule has 0 spiro atoms. The highest BCUT2D eigenvalue weighted by Crippen LogP contribution is 2.15. The number of hydrogen-bond acceptors (Lipinski definition) is 6. The first-order valence-corrected chi connectivity index (χ1v) is 30.5. The van der Waals surface area contributed by atoms with E-state index in [1.54, 1.807) is 0 Å². The third-order valence-corrected chi connectivity index (χ3v) is 12.7. The van der Waals surface area contributed by atoms with Gasteiger partial charge in [0.2, 0.25) is 0 Å². The van der Waals surface area contributed by atoms with E-state index >= 15 is 0 Å². The molecule has 0 aliphatic rings. The van der Waals surface area contributed by atoms with Crippen molar-refractivity contribution in [3.8, 4) is 0 Å². The summed E-state index contributed by atoms with van der Waals surface area (Å²) in [5, 5.41) is 0. The summed E-state index contributed by atoms with van der Waals surface area (Å²) in [4.78, 5) is 38.2. The van der Waals surface area contributed by atoms with E-state index in [0.717, 1.165) is 135 Å². The fraction of sp³-hybridized carbons (Fsp3) is 0.662. The van der Waals surface area contributed by atoms with Gasteiger partial charge in [0.05, 0.1) is 0 Å². The zero-order valence-corrected chi connectivity index (χ0v) is 48.1. The molecule has 74 heavy (non-hydrogen) atoms. The average Bonchev–Trinajstić information content (AvgIpc) is 3.40. The van der Waals surface area contributed by atoms with E-state index in [1.165, 1.54) is 96.3 Å². The number of allylic oxidation sites excluding steroid dienone is 20. The lowest BCUT2D eigenvalue weighted by Gasteiger charge is -2.18. The van der Waals surface area contributed by atoms with Gasteiger partial charge in [0, 0.05) is 19.3 Å². The van der Waals surface area contributed by atoms with Crippen molar-refractivity contribution < 1.29 is 28.6 Å². The van der Waals surface area contributed by atoms with Crippen molar-refractivity contribution in [2.75, 3.05) is 13.2 Å². The van der Waals surface area contributed by atoms with E-state index < -0.39 is 6.10 Å². The molecule has 0 aromatic rings. The van der Waals surface area contributed by atoms with Crippen molar-refractivity contribution in [3.05, 3.63) is 122 Å². The topological polar surface area (TPSA) is 78.9 Å². The van der Waals surface area contributed by atoms with Crippen LogP contribution in [-0.4, -0.2) is 37.2 Å². The quantitative estimate of drug-likeness (QED) is 0.0261. The first-order valence-electron chi connectivity index (χ1n) is 30.5. The molecule has 0 aliphatic heterocycles. The summed E-state index contributed by atoms with van der Waals surface area (Å²) in [6.45, 7) is 6.38. The molecule has 0 fully saturated rings. The Labute approximate surface area is 456 Å². The van der Waals surface area contributed by atoms with E-state index in [-0.39, 0.29) is 31.1 Å². The van der Waals surface area contributed by atoms with Gasteiger partial charge >= 0.3 is 17.9 Å². The SMILES string of the molecule is CC/C=C\C/C=C\C/C=C\C/C=C\C/C=C\C/C=C\CCCCCCC(=O)OCC(COC(=O)CCCCCCCCCCCC)OC(=O)CCCCCCCCCCCC/C=C\C/C=C\C/C=C\C/C=C\CC. The molecule has 0 bridgehead atoms. The number of carbonyl (C=O) groups is 3. The fourth-order valence-electron chi connectivity index (χ4n) is 8.20. The van der Waals surface area contributed by atoms with Gasteiger partial charge in [-0.1, -0.05) is 264 Å². The zero-order chi connectivity index (χ0) is 53.6. The average molecular weight is 1030 g/mol. The minimum atomic E-state index is -0.793. The molecule has 0 aromatic heterocycles. The predicted molar refractivity (Wildman–Crippen MR) is 320 cm³/mol. The van der Waals surface area contributed by atoms with Crippen LogP contribution < -0.4 is 0 Å². The Bertz CT molecular complexity index is 1550. The number of unbranched alkanes of at least 4 members (excludes halogenated alkanes) is 23. The molecule has 1 atom stereocenters. The maximum atomic E-state index is 12.9. The summed E-state index contributed by atoms with van der Waals surface area (Å²) in [5.74, 6) is -0.918. The maximum Gasteiger partial charge on any atom is 0.306 e. The zero-order valence-electron chi connectivity index (χ0n) is 48.1. The fourth-order valence-corrected chi connectivity index (χ4v) is 8.20. The van der Waals surface area contributed by atoms with Crippen LogP contribution in [0.4, 0.5) is 0 Å². The van der Waals surface area contributed by atoms with Crippen LogP contribution in [0, 0.1) is 0 Å². The number of rotatable bonds is 54. The maximum absolute atomic E-state index is 12.9. The second-order valence-electron chi connectivity index (χ2n) is 19.9. The molecule has 0 aromatic carbocycles. The molecular weight excluding hydrogens is 913 g/mol. The molecule has 0 aliphatic carbocycles. The Hall–Kier alpha value is -4.19. The first-order chi connectivity index (χ1) is 36.5. The molecule has 0 rings (SSSR count). The molecule has 0 saturated carbocycles. The van der Waals surface area contributed by atoms with Gasteiger partial charge in [-0.05, 0) is 109 Å². The lowest BCUT2D eigenvalue weighted by molar-refractivity contribution is -0.167. The van der Waals surface area contributed by atoms with Gasteiger partial charge in [0.1, 0.15) is 13.2 Å². The summed E-state index contributed by atoms with van der Waals surface area (Å²) < 4.78 is 16.9. The van der Waals surface area contributed by atoms with Crippen molar-refractivity contribution in [1.29, 1.82) is 0 Å². The second-order valence-corrected chi connectivity index (χ2v) is 19.9. The predicted octanol–water partition coefficient (Wildman–Crippen LogP) is 20.8. The highest BCUT2D eigenvalue weighted by Gasteiger charge is 2.19. The Morgan fingerprint density at radius 2 is 0.527 bits per heavy atom. The van der Waals surface area contributed by atoms with Gasteiger partial charge < -0.3 is 14.2 Å². The molecular formula is C68H112O6. The summed E-state index contributed by atoms with van der Waals surface area (Å²) >= 11 is 0. The number of esters is 3. The molecule has 0 N–H and O–H groups in total. The lowest BCUT2D eigenvalue weighted by Crippen LogP contribution is -2.30. The van der Waals surface area contributed by atoms with Crippen LogP contribution in [-0.2, 0) is 28.6 Å². The van der Waals surface area contributed by atoms with Crippen LogP contribution in [0.25, 0.3) is 0 Å². The third-order valence-electron chi connectivity index (χ3n) is 12.7. The molecule has 0 amide bonds. The molecule has 420 valence electrons. The van der Waals surface area contributed by atoms with Crippen molar-refractivity contribution >= 4 is 17.9 Å². The lowest BCUT2D eigenvalue weighted by atomic mass is 10.0. The highest BCUT2D eigenvalue weighted by atomic mass is 16.6. The Kier molecular flexibility index (Phi) is 57.9. The van der Waals surface area contributed by atoms with Crippen LogP contribution in [0.3, 0.4) is 0 Å². The van der Waals surface area contributed by atoms with Crippen molar-refractivity contribution in [1.82, 2.24) is 0 Å². The molecule has 1 unspecified atom stereocenters. The number of ether oxygens (including phenoxy) is 3. The molecule has 6 nitrogen and oxygen atoms in total.